The van der Waals surface area contributed by atoms with Crippen molar-refractivity contribution in [3.8, 4) is 5.75 Å². The number of hydrogen-bond donors (Lipinski definition) is 2. The van der Waals surface area contributed by atoms with Crippen LogP contribution in [-0.2, 0) is 9.53 Å². The second-order valence-corrected chi connectivity index (χ2v) is 4.92. The molecule has 2 N–H and O–H groups in total. The van der Waals surface area contributed by atoms with Gasteiger partial charge in [0, 0.05) is 0 Å². The molecule has 0 amide bonds. The number of carbonyl (C=O) groups excluding carboxylic acids is 1. The number of aliphatic carboxylic acids is 1. The van der Waals surface area contributed by atoms with Gasteiger partial charge >= 0.3 is 11.9 Å². The second kappa shape index (κ2) is 6.03. The monoisotopic (exact) mass is 330 g/mol. The van der Waals surface area contributed by atoms with Crippen LogP contribution in [0.15, 0.2) is 36.0 Å². The molecule has 0 radical (unpaired) electrons. The highest BCUT2D eigenvalue weighted by Gasteiger charge is 2.29. The first kappa shape index (κ1) is 15.5. The number of hydrogen-bond acceptors (Lipinski definition) is 7. The molecule has 1 atom stereocenters. The molecule has 3 rings (SSSR count). The van der Waals surface area contributed by atoms with E-state index in [1.165, 1.54) is 17.9 Å². The van der Waals surface area contributed by atoms with Crippen LogP contribution in [0.2, 0.25) is 0 Å². The summed E-state index contributed by atoms with van der Waals surface area (Å²) in [6, 6.07) is 6.54. The van der Waals surface area contributed by atoms with Gasteiger partial charge in [0.1, 0.15) is 17.5 Å². The number of esters is 1. The lowest BCUT2D eigenvalue weighted by atomic mass is 10.0. The number of nitrogens with one attached hydrogen (secondary N) is 1. The molecule has 2 heterocycles. The number of allylic oxidation sites excluding steroid dienone is 1. The van der Waals surface area contributed by atoms with Gasteiger partial charge in [-0.25, -0.2) is 14.3 Å². The van der Waals surface area contributed by atoms with Crippen molar-refractivity contribution in [1.82, 2.24) is 14.8 Å². The lowest BCUT2D eigenvalue weighted by Gasteiger charge is -2.22. The molecule has 9 nitrogen and oxygen atoms in total. The van der Waals surface area contributed by atoms with Crippen LogP contribution in [0.3, 0.4) is 0 Å². The minimum atomic E-state index is -1.14. The molecule has 0 spiro atoms. The zero-order valence-electron chi connectivity index (χ0n) is 12.9. The first-order chi connectivity index (χ1) is 11.5. The molecule has 24 heavy (non-hydrogen) atoms. The number of fused-ring (bicyclic) bond motifs is 1. The third-order valence-electron chi connectivity index (χ3n) is 3.52. The van der Waals surface area contributed by atoms with E-state index in [1.54, 1.807) is 31.4 Å². The topological polar surface area (TPSA) is 116 Å². The van der Waals surface area contributed by atoms with Crippen molar-refractivity contribution >= 4 is 17.9 Å². The minimum Gasteiger partial charge on any atom is -0.497 e. The van der Waals surface area contributed by atoms with Crippen molar-refractivity contribution in [2.75, 3.05) is 19.5 Å². The van der Waals surface area contributed by atoms with Gasteiger partial charge < -0.3 is 19.9 Å². The fourth-order valence-corrected chi connectivity index (χ4v) is 2.33. The van der Waals surface area contributed by atoms with E-state index in [1.807, 2.05) is 0 Å². The van der Waals surface area contributed by atoms with Crippen LogP contribution in [0.5, 0.6) is 5.75 Å². The zero-order valence-corrected chi connectivity index (χ0v) is 12.9. The van der Waals surface area contributed by atoms with Crippen molar-refractivity contribution in [2.24, 2.45) is 0 Å². The molecule has 1 aromatic heterocycles. The molecule has 1 aromatic carbocycles. The normalized spacial score (nSPS) is 15.8. The summed E-state index contributed by atoms with van der Waals surface area (Å²) in [5, 5.41) is 16.0. The van der Waals surface area contributed by atoms with Gasteiger partial charge in [0.25, 0.3) is 5.82 Å². The molecule has 0 saturated heterocycles. The Morgan fingerprint density at radius 1 is 1.25 bits per heavy atom. The summed E-state index contributed by atoms with van der Waals surface area (Å²) in [4.78, 5) is 27.0. The van der Waals surface area contributed by atoms with Crippen LogP contribution < -0.4 is 10.1 Å². The summed E-state index contributed by atoms with van der Waals surface area (Å²) in [6.45, 7) is 0. The summed E-state index contributed by atoms with van der Waals surface area (Å²) >= 11 is 0. The first-order valence-corrected chi connectivity index (χ1v) is 6.94. The molecule has 1 aliphatic rings. The molecule has 124 valence electrons. The summed E-state index contributed by atoms with van der Waals surface area (Å²) in [6.07, 6.45) is 1.49. The summed E-state index contributed by atoms with van der Waals surface area (Å²) in [5.74, 6) is -1.18. The van der Waals surface area contributed by atoms with E-state index < -0.39 is 18.0 Å². The van der Waals surface area contributed by atoms with Crippen molar-refractivity contribution in [2.45, 2.75) is 6.04 Å². The quantitative estimate of drug-likeness (QED) is 0.799. The highest BCUT2D eigenvalue weighted by Crippen LogP contribution is 2.30. The molecule has 0 fully saturated rings. The highest BCUT2D eigenvalue weighted by atomic mass is 16.5. The third-order valence-corrected chi connectivity index (χ3v) is 3.52. The van der Waals surface area contributed by atoms with Gasteiger partial charge in [0.05, 0.1) is 14.2 Å². The molecule has 1 unspecified atom stereocenters. The van der Waals surface area contributed by atoms with Crippen molar-refractivity contribution in [3.05, 3.63) is 47.4 Å². The van der Waals surface area contributed by atoms with Crippen LogP contribution in [0.4, 0.5) is 5.95 Å². The Hall–Kier alpha value is -3.36. The lowest BCUT2D eigenvalue weighted by molar-refractivity contribution is -0.132. The standard InChI is InChI=1S/C15H14N4O5/c1-23-9-5-3-8(4-6-9)11-7-10(13(20)21)16-15-17-12(14(22)24-2)18-19(11)15/h3-7,11H,1-2H3,(H,20,21)(H,16,17,18). The van der Waals surface area contributed by atoms with E-state index in [-0.39, 0.29) is 17.5 Å². The number of carboxylic acid groups (broad SMARTS) is 1. The van der Waals surface area contributed by atoms with E-state index in [0.717, 1.165) is 5.56 Å². The van der Waals surface area contributed by atoms with Gasteiger partial charge in [0.2, 0.25) is 5.95 Å². The molecule has 2 aromatic rings. The zero-order chi connectivity index (χ0) is 17.3. The van der Waals surface area contributed by atoms with Crippen LogP contribution in [-0.4, -0.2) is 46.0 Å². The molecule has 0 bridgehead atoms. The van der Waals surface area contributed by atoms with Gasteiger partial charge in [-0.3, -0.25) is 0 Å². The predicted octanol–water partition coefficient (Wildman–Crippen LogP) is 1.06. The number of carbonyl (C=O) groups is 2. The van der Waals surface area contributed by atoms with E-state index in [0.29, 0.717) is 5.75 Å². The van der Waals surface area contributed by atoms with Crippen molar-refractivity contribution in [1.29, 1.82) is 0 Å². The smallest absolute Gasteiger partial charge is 0.378 e. The number of methoxy groups -OCH3 is 2. The molecular weight excluding hydrogens is 316 g/mol. The Balaban J connectivity index is 2.07. The Bertz CT molecular complexity index is 825. The van der Waals surface area contributed by atoms with Gasteiger partial charge in [-0.1, -0.05) is 12.1 Å². The number of nitrogens with zero attached hydrogens (tertiary/aromatic N) is 3. The minimum absolute atomic E-state index is 0.0490. The largest absolute Gasteiger partial charge is 0.497 e. The Labute approximate surface area is 136 Å². The third kappa shape index (κ3) is 2.67. The van der Waals surface area contributed by atoms with Gasteiger partial charge in [-0.2, -0.15) is 4.98 Å². The van der Waals surface area contributed by atoms with Gasteiger partial charge in [-0.15, -0.1) is 5.10 Å². The van der Waals surface area contributed by atoms with Crippen LogP contribution >= 0.6 is 0 Å². The van der Waals surface area contributed by atoms with E-state index in [2.05, 4.69) is 20.1 Å². The van der Waals surface area contributed by atoms with Crippen LogP contribution in [0.1, 0.15) is 22.2 Å². The lowest BCUT2D eigenvalue weighted by Crippen LogP contribution is -2.24. The van der Waals surface area contributed by atoms with Gasteiger partial charge in [-0.05, 0) is 23.8 Å². The average Bonchev–Trinajstić information content (AvgIpc) is 3.04. The summed E-state index contributed by atoms with van der Waals surface area (Å²) < 4.78 is 11.2. The van der Waals surface area contributed by atoms with Crippen LogP contribution in [0.25, 0.3) is 0 Å². The number of carboxylic acids is 1. The van der Waals surface area contributed by atoms with E-state index in [4.69, 9.17) is 4.74 Å². The fraction of sp³-hybridized carbons (Fsp3) is 0.200. The van der Waals surface area contributed by atoms with Gasteiger partial charge in [0.15, 0.2) is 0 Å². The maximum absolute atomic E-state index is 11.6. The molecule has 1 aliphatic heterocycles. The number of aromatic nitrogens is 3. The SMILES string of the molecule is COC(=O)c1nc2n(n1)C(c1ccc(OC)cc1)C=C(C(=O)O)N2. The number of rotatable bonds is 4. The van der Waals surface area contributed by atoms with Crippen molar-refractivity contribution in [3.63, 3.8) is 0 Å². The maximum Gasteiger partial charge on any atom is 0.378 e. The average molecular weight is 330 g/mol. The fourth-order valence-electron chi connectivity index (χ4n) is 2.33. The highest BCUT2D eigenvalue weighted by molar-refractivity contribution is 5.91. The predicted molar refractivity (Wildman–Crippen MR) is 81.8 cm³/mol. The van der Waals surface area contributed by atoms with E-state index in [9.17, 15) is 14.7 Å². The van der Waals surface area contributed by atoms with Crippen LogP contribution in [0, 0.1) is 0 Å². The molecule has 0 aliphatic carbocycles. The van der Waals surface area contributed by atoms with E-state index >= 15 is 0 Å². The molecule has 0 saturated carbocycles. The Morgan fingerprint density at radius 2 is 1.96 bits per heavy atom. The maximum atomic E-state index is 11.6. The molecule has 9 heteroatoms. The number of benzene rings is 1. The van der Waals surface area contributed by atoms with Crippen molar-refractivity contribution < 1.29 is 24.2 Å². The molecular formula is C15H14N4O5. The summed E-state index contributed by atoms with van der Waals surface area (Å²) in [5.41, 5.74) is 0.714. The summed E-state index contributed by atoms with van der Waals surface area (Å²) in [7, 11) is 2.78. The second-order valence-electron chi connectivity index (χ2n) is 4.92. The Morgan fingerprint density at radius 3 is 2.54 bits per heavy atom. The first-order valence-electron chi connectivity index (χ1n) is 6.94. The Kier molecular flexibility index (Phi) is 3.90. The number of ether oxygens (including phenoxy) is 2. The number of anilines is 1.